The summed E-state index contributed by atoms with van der Waals surface area (Å²) in [5.74, 6) is 0.501. The van der Waals surface area contributed by atoms with Gasteiger partial charge in [-0.1, -0.05) is 0 Å². The number of carbonyl (C=O) groups excluding carboxylic acids is 2. The summed E-state index contributed by atoms with van der Waals surface area (Å²) in [5, 5.41) is 3.77. The Balaban J connectivity index is 1.62. The minimum Gasteiger partial charge on any atom is -0.478 e. The molecule has 0 unspecified atom stereocenters. The molecule has 132 valence electrons. The number of thiophene rings is 1. The van der Waals surface area contributed by atoms with Crippen LogP contribution in [0.25, 0.3) is 0 Å². The SMILES string of the molecule is CCOc1ccc(C(=O)N2CCCN(C(=O)c3ccsc3)CC2)cn1. The van der Waals surface area contributed by atoms with Crippen LogP contribution in [-0.4, -0.2) is 59.4 Å². The molecule has 0 spiro atoms. The van der Waals surface area contributed by atoms with Gasteiger partial charge in [-0.3, -0.25) is 9.59 Å². The number of pyridine rings is 1. The first-order chi connectivity index (χ1) is 12.2. The Morgan fingerprint density at radius 2 is 1.80 bits per heavy atom. The van der Waals surface area contributed by atoms with Gasteiger partial charge in [0.15, 0.2) is 0 Å². The Morgan fingerprint density at radius 3 is 2.36 bits per heavy atom. The number of hydrogen-bond donors (Lipinski definition) is 0. The summed E-state index contributed by atoms with van der Waals surface area (Å²) in [6, 6.07) is 5.28. The normalized spacial score (nSPS) is 14.9. The van der Waals surface area contributed by atoms with Crippen LogP contribution < -0.4 is 4.74 Å². The average Bonchev–Trinajstić information content (AvgIpc) is 3.06. The smallest absolute Gasteiger partial charge is 0.255 e. The van der Waals surface area contributed by atoms with Crippen LogP contribution in [0.4, 0.5) is 0 Å². The van der Waals surface area contributed by atoms with Crippen LogP contribution in [-0.2, 0) is 0 Å². The topological polar surface area (TPSA) is 62.7 Å². The predicted octanol–water partition coefficient (Wildman–Crippen LogP) is 2.53. The lowest BCUT2D eigenvalue weighted by Gasteiger charge is -2.22. The van der Waals surface area contributed by atoms with Crippen molar-refractivity contribution in [1.82, 2.24) is 14.8 Å². The van der Waals surface area contributed by atoms with Gasteiger partial charge in [-0.05, 0) is 30.9 Å². The van der Waals surface area contributed by atoms with Crippen molar-refractivity contribution in [3.8, 4) is 5.88 Å². The van der Waals surface area contributed by atoms with Crippen molar-refractivity contribution in [2.45, 2.75) is 13.3 Å². The molecule has 2 amide bonds. The number of carbonyl (C=O) groups is 2. The molecule has 7 heteroatoms. The third-order valence-electron chi connectivity index (χ3n) is 4.11. The van der Waals surface area contributed by atoms with Crippen molar-refractivity contribution >= 4 is 23.2 Å². The number of hydrogen-bond acceptors (Lipinski definition) is 5. The fourth-order valence-electron chi connectivity index (χ4n) is 2.82. The molecule has 6 nitrogen and oxygen atoms in total. The maximum atomic E-state index is 12.7. The van der Waals surface area contributed by atoms with Gasteiger partial charge in [0, 0.05) is 43.8 Å². The summed E-state index contributed by atoms with van der Waals surface area (Å²) < 4.78 is 5.30. The van der Waals surface area contributed by atoms with E-state index in [1.165, 1.54) is 11.3 Å². The predicted molar refractivity (Wildman–Crippen MR) is 96.1 cm³/mol. The Labute approximate surface area is 151 Å². The standard InChI is InChI=1S/C18H21N3O3S/c1-2-24-16-5-4-14(12-19-16)17(22)20-7-3-8-21(10-9-20)18(23)15-6-11-25-13-15/h4-6,11-13H,2-3,7-10H2,1H3. The molecule has 1 aliphatic heterocycles. The van der Waals surface area contributed by atoms with Gasteiger partial charge in [0.25, 0.3) is 11.8 Å². The van der Waals surface area contributed by atoms with E-state index in [2.05, 4.69) is 4.98 Å². The molecule has 1 saturated heterocycles. The molecule has 0 aromatic carbocycles. The summed E-state index contributed by atoms with van der Waals surface area (Å²) in [5.41, 5.74) is 1.27. The monoisotopic (exact) mass is 359 g/mol. The van der Waals surface area contributed by atoms with Crippen LogP contribution in [0, 0.1) is 0 Å². The molecule has 25 heavy (non-hydrogen) atoms. The highest BCUT2D eigenvalue weighted by Gasteiger charge is 2.23. The Kier molecular flexibility index (Phi) is 5.65. The fraction of sp³-hybridized carbons (Fsp3) is 0.389. The van der Waals surface area contributed by atoms with Gasteiger partial charge in [-0.2, -0.15) is 11.3 Å². The molecule has 3 rings (SSSR count). The maximum absolute atomic E-state index is 12.7. The van der Waals surface area contributed by atoms with E-state index in [0.717, 1.165) is 12.0 Å². The van der Waals surface area contributed by atoms with Gasteiger partial charge in [-0.15, -0.1) is 0 Å². The molecule has 1 fully saturated rings. The summed E-state index contributed by atoms with van der Waals surface area (Å²) in [4.78, 5) is 32.9. The van der Waals surface area contributed by atoms with Crippen LogP contribution in [0.15, 0.2) is 35.2 Å². The maximum Gasteiger partial charge on any atom is 0.255 e. The van der Waals surface area contributed by atoms with Gasteiger partial charge in [0.05, 0.1) is 17.7 Å². The van der Waals surface area contributed by atoms with Crippen molar-refractivity contribution in [2.75, 3.05) is 32.8 Å². The van der Waals surface area contributed by atoms with Gasteiger partial charge in [-0.25, -0.2) is 4.98 Å². The second-order valence-electron chi connectivity index (χ2n) is 5.77. The molecular formula is C18H21N3O3S. The molecule has 3 heterocycles. The third-order valence-corrected chi connectivity index (χ3v) is 4.80. The van der Waals surface area contributed by atoms with Crippen molar-refractivity contribution in [3.05, 3.63) is 46.3 Å². The zero-order chi connectivity index (χ0) is 17.6. The highest BCUT2D eigenvalue weighted by molar-refractivity contribution is 7.08. The highest BCUT2D eigenvalue weighted by atomic mass is 32.1. The summed E-state index contributed by atoms with van der Waals surface area (Å²) >= 11 is 1.52. The Bertz CT molecular complexity index is 716. The van der Waals surface area contributed by atoms with Crippen molar-refractivity contribution in [2.24, 2.45) is 0 Å². The van der Waals surface area contributed by atoms with Crippen LogP contribution in [0.3, 0.4) is 0 Å². The van der Waals surface area contributed by atoms with Crippen molar-refractivity contribution in [3.63, 3.8) is 0 Å². The fourth-order valence-corrected chi connectivity index (χ4v) is 3.44. The molecule has 0 aliphatic carbocycles. The minimum atomic E-state index is -0.0552. The van der Waals surface area contributed by atoms with Crippen molar-refractivity contribution < 1.29 is 14.3 Å². The molecule has 1 aliphatic rings. The van der Waals surface area contributed by atoms with Gasteiger partial charge in [0.2, 0.25) is 5.88 Å². The Morgan fingerprint density at radius 1 is 1.08 bits per heavy atom. The van der Waals surface area contributed by atoms with Gasteiger partial charge < -0.3 is 14.5 Å². The largest absolute Gasteiger partial charge is 0.478 e. The number of aromatic nitrogens is 1. The molecule has 0 N–H and O–H groups in total. The lowest BCUT2D eigenvalue weighted by atomic mass is 10.2. The third kappa shape index (κ3) is 4.17. The first-order valence-corrected chi connectivity index (χ1v) is 9.33. The lowest BCUT2D eigenvalue weighted by molar-refractivity contribution is 0.0718. The summed E-state index contributed by atoms with van der Waals surface area (Å²) in [7, 11) is 0. The molecular weight excluding hydrogens is 338 g/mol. The first kappa shape index (κ1) is 17.4. The van der Waals surface area contributed by atoms with E-state index in [-0.39, 0.29) is 11.8 Å². The van der Waals surface area contributed by atoms with E-state index < -0.39 is 0 Å². The van der Waals surface area contributed by atoms with Crippen LogP contribution >= 0.6 is 11.3 Å². The highest BCUT2D eigenvalue weighted by Crippen LogP contribution is 2.15. The van der Waals surface area contributed by atoms with E-state index in [1.807, 2.05) is 28.7 Å². The quantitative estimate of drug-likeness (QED) is 0.842. The molecule has 2 aromatic heterocycles. The molecule has 0 saturated carbocycles. The molecule has 2 aromatic rings. The number of ether oxygens (including phenoxy) is 1. The number of rotatable bonds is 4. The van der Waals surface area contributed by atoms with E-state index in [4.69, 9.17) is 4.74 Å². The summed E-state index contributed by atoms with van der Waals surface area (Å²) in [6.07, 6.45) is 2.32. The van der Waals surface area contributed by atoms with Crippen LogP contribution in [0.2, 0.25) is 0 Å². The van der Waals surface area contributed by atoms with E-state index in [1.54, 1.807) is 23.2 Å². The molecule has 0 radical (unpaired) electrons. The van der Waals surface area contributed by atoms with Crippen LogP contribution in [0.5, 0.6) is 5.88 Å². The van der Waals surface area contributed by atoms with Gasteiger partial charge >= 0.3 is 0 Å². The zero-order valence-corrected chi connectivity index (χ0v) is 15.0. The van der Waals surface area contributed by atoms with Crippen LogP contribution in [0.1, 0.15) is 34.1 Å². The zero-order valence-electron chi connectivity index (χ0n) is 14.2. The summed E-state index contributed by atoms with van der Waals surface area (Å²) in [6.45, 7) is 4.81. The first-order valence-electron chi connectivity index (χ1n) is 8.38. The Hall–Kier alpha value is -2.41. The lowest BCUT2D eigenvalue weighted by Crippen LogP contribution is -2.37. The average molecular weight is 359 g/mol. The molecule has 0 atom stereocenters. The minimum absolute atomic E-state index is 0.0401. The van der Waals surface area contributed by atoms with E-state index in [0.29, 0.717) is 44.2 Å². The van der Waals surface area contributed by atoms with E-state index >= 15 is 0 Å². The second kappa shape index (κ2) is 8.11. The van der Waals surface area contributed by atoms with Gasteiger partial charge in [0.1, 0.15) is 0 Å². The number of nitrogens with zero attached hydrogens (tertiary/aromatic N) is 3. The van der Waals surface area contributed by atoms with Crippen molar-refractivity contribution in [1.29, 1.82) is 0 Å². The van der Waals surface area contributed by atoms with E-state index in [9.17, 15) is 9.59 Å². The number of amides is 2. The molecule has 0 bridgehead atoms. The second-order valence-corrected chi connectivity index (χ2v) is 6.55.